The van der Waals surface area contributed by atoms with Gasteiger partial charge in [-0.25, -0.2) is 0 Å². The Kier molecular flexibility index (Phi) is 8.73. The Morgan fingerprint density at radius 3 is 1.65 bits per heavy atom. The van der Waals surface area contributed by atoms with E-state index in [2.05, 4.69) is 46.4 Å². The van der Waals surface area contributed by atoms with E-state index in [0.717, 1.165) is 12.0 Å². The summed E-state index contributed by atoms with van der Waals surface area (Å²) in [6.45, 7) is 15.3. The molecule has 0 aliphatic rings. The zero-order chi connectivity index (χ0) is 13.3. The fourth-order valence-electron chi connectivity index (χ4n) is 1.09. The molecule has 0 amide bonds. The van der Waals surface area contributed by atoms with Crippen LogP contribution in [0, 0.1) is 0 Å². The fourth-order valence-corrected chi connectivity index (χ4v) is 1.09. The van der Waals surface area contributed by atoms with E-state index in [4.69, 9.17) is 9.47 Å². The third-order valence-electron chi connectivity index (χ3n) is 2.06. The van der Waals surface area contributed by atoms with Crippen LogP contribution in [0.4, 0.5) is 0 Å². The minimum Gasteiger partial charge on any atom is -0.348 e. The summed E-state index contributed by atoms with van der Waals surface area (Å²) in [5, 5.41) is 0. The lowest BCUT2D eigenvalue weighted by Crippen LogP contribution is -2.18. The molecule has 0 N–H and O–H groups in total. The van der Waals surface area contributed by atoms with Crippen molar-refractivity contribution in [2.45, 2.75) is 47.3 Å². The van der Waals surface area contributed by atoms with Crippen LogP contribution >= 0.6 is 0 Å². The van der Waals surface area contributed by atoms with Crippen molar-refractivity contribution in [1.29, 1.82) is 0 Å². The Bertz CT molecular complexity index is 257. The quantitative estimate of drug-likeness (QED) is 0.465. The molecule has 2 nitrogen and oxygen atoms in total. The number of allylic oxidation sites excluding steroid dienone is 2. The minimum absolute atomic E-state index is 0.196. The molecule has 0 bridgehead atoms. The van der Waals surface area contributed by atoms with Gasteiger partial charge in [0.1, 0.15) is 0 Å². The molecule has 0 saturated carbocycles. The lowest BCUT2D eigenvalue weighted by atomic mass is 10.2. The predicted molar refractivity (Wildman–Crippen MR) is 74.0 cm³/mol. The number of rotatable bonds is 8. The molecule has 0 fully saturated rings. The van der Waals surface area contributed by atoms with Gasteiger partial charge in [-0.15, -0.1) is 0 Å². The first-order chi connectivity index (χ1) is 7.91. The van der Waals surface area contributed by atoms with Gasteiger partial charge in [-0.2, -0.15) is 0 Å². The maximum absolute atomic E-state index is 5.66. The third kappa shape index (κ3) is 11.4. The third-order valence-corrected chi connectivity index (χ3v) is 2.06. The molecular formula is C15H26O2. The molecule has 0 radical (unpaired) electrons. The van der Waals surface area contributed by atoms with Crippen molar-refractivity contribution in [3.8, 4) is 0 Å². The smallest absolute Gasteiger partial charge is 0.162 e. The number of hydrogen-bond acceptors (Lipinski definition) is 2. The Morgan fingerprint density at radius 1 is 0.941 bits per heavy atom. The van der Waals surface area contributed by atoms with Gasteiger partial charge in [0.05, 0.1) is 13.2 Å². The summed E-state index contributed by atoms with van der Waals surface area (Å²) in [4.78, 5) is 0. The largest absolute Gasteiger partial charge is 0.348 e. The molecule has 98 valence electrons. The fraction of sp³-hybridized carbons (Fsp3) is 0.600. The van der Waals surface area contributed by atoms with Crippen LogP contribution in [-0.4, -0.2) is 19.5 Å². The Hall–Kier alpha value is -0.860. The Balaban J connectivity index is 4.09. The highest BCUT2D eigenvalue weighted by molar-refractivity contribution is 4.95. The first kappa shape index (κ1) is 16.1. The molecule has 0 heterocycles. The van der Waals surface area contributed by atoms with Crippen LogP contribution in [0.1, 0.15) is 41.0 Å². The van der Waals surface area contributed by atoms with Crippen molar-refractivity contribution < 1.29 is 9.47 Å². The lowest BCUT2D eigenvalue weighted by molar-refractivity contribution is -0.125. The van der Waals surface area contributed by atoms with E-state index in [1.807, 2.05) is 6.92 Å². The van der Waals surface area contributed by atoms with Gasteiger partial charge in [-0.1, -0.05) is 35.5 Å². The first-order valence-electron chi connectivity index (χ1n) is 6.06. The zero-order valence-electron chi connectivity index (χ0n) is 11.9. The highest BCUT2D eigenvalue weighted by Crippen LogP contribution is 2.09. The van der Waals surface area contributed by atoms with Crippen LogP contribution in [0.2, 0.25) is 0 Å². The molecule has 2 heteroatoms. The van der Waals surface area contributed by atoms with Crippen LogP contribution in [0.25, 0.3) is 0 Å². The van der Waals surface area contributed by atoms with E-state index in [-0.39, 0.29) is 6.29 Å². The monoisotopic (exact) mass is 238 g/mol. The van der Waals surface area contributed by atoms with Crippen LogP contribution in [0.15, 0.2) is 35.5 Å². The molecule has 0 aliphatic carbocycles. The summed E-state index contributed by atoms with van der Waals surface area (Å²) in [6, 6.07) is 0. The minimum atomic E-state index is -0.196. The van der Waals surface area contributed by atoms with Gasteiger partial charge < -0.3 is 9.47 Å². The van der Waals surface area contributed by atoms with Gasteiger partial charge in [0.25, 0.3) is 0 Å². The average molecular weight is 238 g/mol. The van der Waals surface area contributed by atoms with E-state index in [1.165, 1.54) is 11.1 Å². The molecule has 0 aromatic carbocycles. The molecule has 0 aromatic heterocycles. The van der Waals surface area contributed by atoms with Crippen molar-refractivity contribution in [2.75, 3.05) is 13.2 Å². The van der Waals surface area contributed by atoms with Gasteiger partial charge in [0, 0.05) is 6.42 Å². The van der Waals surface area contributed by atoms with Crippen LogP contribution in [-0.2, 0) is 9.47 Å². The second-order valence-electron chi connectivity index (χ2n) is 4.82. The summed E-state index contributed by atoms with van der Waals surface area (Å²) in [6.07, 6.45) is 4.65. The molecule has 0 saturated heterocycles. The molecule has 0 aliphatic heterocycles. The topological polar surface area (TPSA) is 18.5 Å². The SMILES string of the molecule is C=C(C)CC(OCC=C(C)C)OCC=C(C)C. The Morgan fingerprint density at radius 2 is 1.35 bits per heavy atom. The van der Waals surface area contributed by atoms with Crippen molar-refractivity contribution in [3.05, 3.63) is 35.5 Å². The molecule has 0 unspecified atom stereocenters. The first-order valence-corrected chi connectivity index (χ1v) is 6.06. The summed E-state index contributed by atoms with van der Waals surface area (Å²) < 4.78 is 11.3. The van der Waals surface area contributed by atoms with Gasteiger partial charge in [-0.3, -0.25) is 0 Å². The zero-order valence-corrected chi connectivity index (χ0v) is 11.9. The van der Waals surface area contributed by atoms with Gasteiger partial charge in [-0.05, 0) is 34.6 Å². The molecular weight excluding hydrogens is 212 g/mol. The van der Waals surface area contributed by atoms with Crippen molar-refractivity contribution in [2.24, 2.45) is 0 Å². The van der Waals surface area contributed by atoms with E-state index in [0.29, 0.717) is 13.2 Å². The normalized spacial score (nSPS) is 10.2. The van der Waals surface area contributed by atoms with Crippen LogP contribution in [0.5, 0.6) is 0 Å². The van der Waals surface area contributed by atoms with Crippen LogP contribution < -0.4 is 0 Å². The molecule has 0 aromatic rings. The molecule has 0 spiro atoms. The highest BCUT2D eigenvalue weighted by atomic mass is 16.7. The van der Waals surface area contributed by atoms with E-state index in [9.17, 15) is 0 Å². The van der Waals surface area contributed by atoms with Crippen LogP contribution in [0.3, 0.4) is 0 Å². The predicted octanol–water partition coefficient (Wildman–Crippen LogP) is 4.24. The summed E-state index contributed by atoms with van der Waals surface area (Å²) in [5.41, 5.74) is 3.58. The maximum Gasteiger partial charge on any atom is 0.162 e. The van der Waals surface area contributed by atoms with Gasteiger partial charge in [0.2, 0.25) is 0 Å². The van der Waals surface area contributed by atoms with E-state index in [1.54, 1.807) is 0 Å². The van der Waals surface area contributed by atoms with Crippen molar-refractivity contribution in [3.63, 3.8) is 0 Å². The highest BCUT2D eigenvalue weighted by Gasteiger charge is 2.08. The number of ether oxygens (including phenoxy) is 2. The van der Waals surface area contributed by atoms with E-state index < -0.39 is 0 Å². The number of hydrogen-bond donors (Lipinski definition) is 0. The average Bonchev–Trinajstić information content (AvgIpc) is 2.15. The standard InChI is InChI=1S/C15H26O2/c1-12(2)7-9-16-15(11-14(5)6)17-10-8-13(3)4/h7-8,15H,5,9-11H2,1-4,6H3. The van der Waals surface area contributed by atoms with E-state index >= 15 is 0 Å². The van der Waals surface area contributed by atoms with Gasteiger partial charge in [0.15, 0.2) is 6.29 Å². The Labute approximate surface area is 106 Å². The van der Waals surface area contributed by atoms with Crippen molar-refractivity contribution in [1.82, 2.24) is 0 Å². The molecule has 17 heavy (non-hydrogen) atoms. The molecule has 0 atom stereocenters. The maximum atomic E-state index is 5.66. The summed E-state index contributed by atoms with van der Waals surface area (Å²) in [7, 11) is 0. The summed E-state index contributed by atoms with van der Waals surface area (Å²) >= 11 is 0. The second kappa shape index (κ2) is 9.20. The van der Waals surface area contributed by atoms with Crippen molar-refractivity contribution >= 4 is 0 Å². The molecule has 0 rings (SSSR count). The second-order valence-corrected chi connectivity index (χ2v) is 4.82. The lowest BCUT2D eigenvalue weighted by Gasteiger charge is -2.17. The van der Waals surface area contributed by atoms with Gasteiger partial charge >= 0.3 is 0 Å². The summed E-state index contributed by atoms with van der Waals surface area (Å²) in [5.74, 6) is 0.